The van der Waals surface area contributed by atoms with Crippen molar-refractivity contribution in [2.75, 3.05) is 13.7 Å². The van der Waals surface area contributed by atoms with E-state index in [1.807, 2.05) is 0 Å². The van der Waals surface area contributed by atoms with Crippen molar-refractivity contribution in [3.63, 3.8) is 0 Å². The Balaban J connectivity index is 2.72. The first-order valence-corrected chi connectivity index (χ1v) is 5.29. The number of methoxy groups -OCH3 is 1. The second-order valence-corrected chi connectivity index (χ2v) is 3.46. The van der Waals surface area contributed by atoms with Crippen LogP contribution in [0.25, 0.3) is 0 Å². The normalized spacial score (nSPS) is 11.9. The molecule has 0 aliphatic rings. The lowest BCUT2D eigenvalue weighted by atomic mass is 10.1. The van der Waals surface area contributed by atoms with Gasteiger partial charge in [-0.1, -0.05) is 6.07 Å². The Hall–Kier alpha value is -1.75. The molecule has 0 heterocycles. The lowest BCUT2D eigenvalue weighted by molar-refractivity contribution is -0.145. The van der Waals surface area contributed by atoms with Gasteiger partial charge in [0.2, 0.25) is 0 Å². The number of ether oxygens (including phenoxy) is 2. The molecule has 1 aromatic carbocycles. The fourth-order valence-corrected chi connectivity index (χ4v) is 1.41. The Morgan fingerprint density at radius 2 is 2.18 bits per heavy atom. The van der Waals surface area contributed by atoms with Crippen LogP contribution in [0.15, 0.2) is 18.2 Å². The summed E-state index contributed by atoms with van der Waals surface area (Å²) in [6.45, 7) is 1.98. The van der Waals surface area contributed by atoms with Crippen LogP contribution in [0.4, 0.5) is 0 Å². The third-order valence-electron chi connectivity index (χ3n) is 2.25. The molecular formula is C12H16O5. The van der Waals surface area contributed by atoms with E-state index in [-0.39, 0.29) is 18.8 Å². The summed E-state index contributed by atoms with van der Waals surface area (Å²) in [6.07, 6.45) is -1.13. The molecule has 0 radical (unpaired) electrons. The van der Waals surface area contributed by atoms with E-state index < -0.39 is 12.1 Å². The molecule has 0 bridgehead atoms. The molecule has 1 unspecified atom stereocenters. The molecule has 0 spiro atoms. The number of hydrogen-bond donors (Lipinski definition) is 2. The average Bonchev–Trinajstić information content (AvgIpc) is 2.29. The zero-order valence-corrected chi connectivity index (χ0v) is 9.84. The average molecular weight is 240 g/mol. The number of aliphatic hydroxyl groups excluding tert-OH is 1. The number of aromatic hydroxyl groups is 1. The van der Waals surface area contributed by atoms with Gasteiger partial charge in [-0.3, -0.25) is 4.79 Å². The highest BCUT2D eigenvalue weighted by Crippen LogP contribution is 2.29. The van der Waals surface area contributed by atoms with E-state index in [0.717, 1.165) is 0 Å². The van der Waals surface area contributed by atoms with Gasteiger partial charge in [0.25, 0.3) is 0 Å². The third-order valence-corrected chi connectivity index (χ3v) is 2.25. The quantitative estimate of drug-likeness (QED) is 0.760. The van der Waals surface area contributed by atoms with Gasteiger partial charge in [0.05, 0.1) is 26.2 Å². The summed E-state index contributed by atoms with van der Waals surface area (Å²) in [5.74, 6) is -0.236. The number of esters is 1. The first-order valence-electron chi connectivity index (χ1n) is 5.29. The molecule has 94 valence electrons. The zero-order valence-electron chi connectivity index (χ0n) is 9.84. The van der Waals surface area contributed by atoms with Crippen LogP contribution in [0, 0.1) is 0 Å². The molecule has 0 saturated heterocycles. The van der Waals surface area contributed by atoms with E-state index in [9.17, 15) is 15.0 Å². The number of benzene rings is 1. The van der Waals surface area contributed by atoms with E-state index >= 15 is 0 Å². The largest absolute Gasteiger partial charge is 0.504 e. The van der Waals surface area contributed by atoms with Crippen LogP contribution in [0.2, 0.25) is 0 Å². The smallest absolute Gasteiger partial charge is 0.308 e. The fourth-order valence-electron chi connectivity index (χ4n) is 1.41. The molecule has 1 aromatic rings. The molecular weight excluding hydrogens is 224 g/mol. The van der Waals surface area contributed by atoms with Crippen molar-refractivity contribution in [1.82, 2.24) is 0 Å². The van der Waals surface area contributed by atoms with Gasteiger partial charge in [-0.15, -0.1) is 0 Å². The van der Waals surface area contributed by atoms with Gasteiger partial charge in [-0.2, -0.15) is 0 Å². The maximum Gasteiger partial charge on any atom is 0.308 e. The molecule has 0 aromatic heterocycles. The lowest BCUT2D eigenvalue weighted by Gasteiger charge is -2.11. The van der Waals surface area contributed by atoms with Crippen LogP contribution in [0.1, 0.15) is 25.0 Å². The minimum atomic E-state index is -0.995. The van der Waals surface area contributed by atoms with Gasteiger partial charge >= 0.3 is 5.97 Å². The topological polar surface area (TPSA) is 76.0 Å². The molecule has 5 nitrogen and oxygen atoms in total. The van der Waals surface area contributed by atoms with Crippen molar-refractivity contribution in [1.29, 1.82) is 0 Å². The second-order valence-electron chi connectivity index (χ2n) is 3.46. The third kappa shape index (κ3) is 3.64. The maximum absolute atomic E-state index is 11.2. The molecule has 0 fully saturated rings. The van der Waals surface area contributed by atoms with Gasteiger partial charge in [0.1, 0.15) is 0 Å². The molecule has 1 rings (SSSR count). The lowest BCUT2D eigenvalue weighted by Crippen LogP contribution is -2.10. The first kappa shape index (κ1) is 13.3. The summed E-state index contributed by atoms with van der Waals surface area (Å²) in [5, 5.41) is 19.3. The summed E-state index contributed by atoms with van der Waals surface area (Å²) in [7, 11) is 1.43. The molecule has 5 heteroatoms. The van der Waals surface area contributed by atoms with E-state index in [0.29, 0.717) is 11.3 Å². The van der Waals surface area contributed by atoms with Crippen molar-refractivity contribution in [2.45, 2.75) is 19.4 Å². The number of phenols is 1. The molecule has 2 N–H and O–H groups in total. The molecule has 0 aliphatic carbocycles. The second kappa shape index (κ2) is 6.10. The Kier molecular flexibility index (Phi) is 4.78. The van der Waals surface area contributed by atoms with Gasteiger partial charge < -0.3 is 19.7 Å². The summed E-state index contributed by atoms with van der Waals surface area (Å²) in [4.78, 5) is 11.2. The first-order chi connectivity index (χ1) is 8.08. The van der Waals surface area contributed by atoms with Crippen LogP contribution >= 0.6 is 0 Å². The van der Waals surface area contributed by atoms with Crippen LogP contribution in [-0.4, -0.2) is 29.9 Å². The fraction of sp³-hybridized carbons (Fsp3) is 0.417. The van der Waals surface area contributed by atoms with Gasteiger partial charge in [-0.05, 0) is 24.6 Å². The van der Waals surface area contributed by atoms with E-state index in [1.54, 1.807) is 13.0 Å². The number of aliphatic hydroxyl groups is 1. The summed E-state index contributed by atoms with van der Waals surface area (Å²) >= 11 is 0. The number of carbonyl (C=O) groups is 1. The standard InChI is InChI=1S/C12H16O5/c1-3-17-12(15)7-9(13)8-4-5-11(16-2)10(14)6-8/h4-6,9,13-14H,3,7H2,1-2H3. The van der Waals surface area contributed by atoms with E-state index in [2.05, 4.69) is 0 Å². The Labute approximate surface area is 99.6 Å². The van der Waals surface area contributed by atoms with Gasteiger partial charge in [0.15, 0.2) is 11.5 Å². The van der Waals surface area contributed by atoms with Crippen LogP contribution < -0.4 is 4.74 Å². The minimum absolute atomic E-state index is 0.0760. The molecule has 1 atom stereocenters. The van der Waals surface area contributed by atoms with E-state index in [4.69, 9.17) is 9.47 Å². The van der Waals surface area contributed by atoms with Crippen LogP contribution in [0.5, 0.6) is 11.5 Å². The maximum atomic E-state index is 11.2. The number of phenolic OH excluding ortho intramolecular Hbond substituents is 1. The van der Waals surface area contributed by atoms with Crippen molar-refractivity contribution in [2.24, 2.45) is 0 Å². The Morgan fingerprint density at radius 1 is 1.47 bits per heavy atom. The van der Waals surface area contributed by atoms with Crippen molar-refractivity contribution < 1.29 is 24.5 Å². The van der Waals surface area contributed by atoms with Gasteiger partial charge in [0, 0.05) is 0 Å². The highest BCUT2D eigenvalue weighted by Gasteiger charge is 2.15. The number of rotatable bonds is 5. The number of carbonyl (C=O) groups excluding carboxylic acids is 1. The summed E-state index contributed by atoms with van der Waals surface area (Å²) in [6, 6.07) is 4.48. The minimum Gasteiger partial charge on any atom is -0.504 e. The monoisotopic (exact) mass is 240 g/mol. The van der Waals surface area contributed by atoms with Crippen molar-refractivity contribution in [3.8, 4) is 11.5 Å². The zero-order chi connectivity index (χ0) is 12.8. The van der Waals surface area contributed by atoms with Crippen LogP contribution in [-0.2, 0) is 9.53 Å². The summed E-state index contributed by atoms with van der Waals surface area (Å²) < 4.78 is 9.60. The predicted octanol–water partition coefficient (Wildman–Crippen LogP) is 1.39. The molecule has 0 saturated carbocycles. The Morgan fingerprint density at radius 3 is 2.71 bits per heavy atom. The number of hydrogen-bond acceptors (Lipinski definition) is 5. The van der Waals surface area contributed by atoms with E-state index in [1.165, 1.54) is 19.2 Å². The van der Waals surface area contributed by atoms with Crippen molar-refractivity contribution >= 4 is 5.97 Å². The van der Waals surface area contributed by atoms with Crippen LogP contribution in [0.3, 0.4) is 0 Å². The predicted molar refractivity (Wildman–Crippen MR) is 60.9 cm³/mol. The summed E-state index contributed by atoms with van der Waals surface area (Å²) in [5.41, 5.74) is 0.441. The van der Waals surface area contributed by atoms with Crippen molar-refractivity contribution in [3.05, 3.63) is 23.8 Å². The highest BCUT2D eigenvalue weighted by atomic mass is 16.5. The molecule has 17 heavy (non-hydrogen) atoms. The molecule has 0 aliphatic heterocycles. The SMILES string of the molecule is CCOC(=O)CC(O)c1ccc(OC)c(O)c1. The highest BCUT2D eigenvalue weighted by molar-refractivity contribution is 5.70. The Bertz CT molecular complexity index is 388. The van der Waals surface area contributed by atoms with Gasteiger partial charge in [-0.25, -0.2) is 0 Å². The molecule has 0 amide bonds.